The molecule has 0 aliphatic heterocycles. The van der Waals surface area contributed by atoms with Crippen molar-refractivity contribution in [3.63, 3.8) is 0 Å². The molecule has 318 valence electrons. The molecule has 10 aromatic carbocycles. The summed E-state index contributed by atoms with van der Waals surface area (Å²) in [5.41, 5.74) is 16.8. The summed E-state index contributed by atoms with van der Waals surface area (Å²) in [4.78, 5) is 15.4. The first-order valence-corrected chi connectivity index (χ1v) is 22.9. The zero-order chi connectivity index (χ0) is 45.0. The standard InChI is InChI=1S/C63H40N4O/c1-4-13-41(14-5-1)44-23-25-47(26-24-44)50-19-12-20-52(39-50)67-57-22-11-10-21-53(57)54-36-37-55-56-40-51(35-38-58(56)68-60(55)59(54)67)63-65-61(48-31-27-45(28-32-48)42-15-6-2-7-16-42)64-62(66-63)49-33-29-46(30-34-49)43-17-8-3-9-18-43/h1-40H. The van der Waals surface area contributed by atoms with Crippen molar-refractivity contribution < 1.29 is 4.42 Å². The number of benzene rings is 10. The number of hydrogen-bond donors (Lipinski definition) is 0. The fourth-order valence-electron chi connectivity index (χ4n) is 9.65. The first-order valence-electron chi connectivity index (χ1n) is 22.9. The van der Waals surface area contributed by atoms with Gasteiger partial charge in [-0.3, -0.25) is 0 Å². The highest BCUT2D eigenvalue weighted by atomic mass is 16.3. The number of furan rings is 1. The van der Waals surface area contributed by atoms with Gasteiger partial charge in [-0.05, 0) is 87.0 Å². The van der Waals surface area contributed by atoms with Crippen LogP contribution in [0.1, 0.15) is 0 Å². The Bertz CT molecular complexity index is 3870. The molecular weight excluding hydrogens is 829 g/mol. The van der Waals surface area contributed by atoms with Gasteiger partial charge in [0.25, 0.3) is 0 Å². The molecule has 0 saturated heterocycles. The predicted molar refractivity (Wildman–Crippen MR) is 279 cm³/mol. The molecule has 0 unspecified atom stereocenters. The van der Waals surface area contributed by atoms with E-state index in [1.54, 1.807) is 0 Å². The Labute approximate surface area is 392 Å². The van der Waals surface area contributed by atoms with Crippen LogP contribution in [0.3, 0.4) is 0 Å². The number of aromatic nitrogens is 4. The van der Waals surface area contributed by atoms with E-state index in [0.717, 1.165) is 94.1 Å². The molecule has 13 rings (SSSR count). The van der Waals surface area contributed by atoms with Crippen molar-refractivity contribution in [1.29, 1.82) is 0 Å². The first kappa shape index (κ1) is 39.2. The Morgan fingerprint density at radius 1 is 0.279 bits per heavy atom. The van der Waals surface area contributed by atoms with Crippen molar-refractivity contribution in [2.45, 2.75) is 0 Å². The van der Waals surface area contributed by atoms with E-state index in [4.69, 9.17) is 19.4 Å². The van der Waals surface area contributed by atoms with E-state index in [-0.39, 0.29) is 0 Å². The minimum atomic E-state index is 0.587. The molecule has 0 N–H and O–H groups in total. The number of hydrogen-bond acceptors (Lipinski definition) is 4. The largest absolute Gasteiger partial charge is 0.454 e. The van der Waals surface area contributed by atoms with Gasteiger partial charge >= 0.3 is 0 Å². The maximum Gasteiger partial charge on any atom is 0.164 e. The van der Waals surface area contributed by atoms with Crippen LogP contribution in [0, 0.1) is 0 Å². The van der Waals surface area contributed by atoms with Crippen LogP contribution in [-0.4, -0.2) is 19.5 Å². The molecule has 3 aromatic heterocycles. The number of rotatable bonds is 8. The highest BCUT2D eigenvalue weighted by molar-refractivity contribution is 6.21. The molecule has 0 aliphatic carbocycles. The van der Waals surface area contributed by atoms with Crippen LogP contribution < -0.4 is 0 Å². The normalized spacial score (nSPS) is 11.5. The molecule has 13 aromatic rings. The smallest absolute Gasteiger partial charge is 0.164 e. The second-order valence-corrected chi connectivity index (χ2v) is 17.2. The van der Waals surface area contributed by atoms with Crippen LogP contribution >= 0.6 is 0 Å². The highest BCUT2D eigenvalue weighted by Crippen LogP contribution is 2.42. The molecule has 0 fully saturated rings. The van der Waals surface area contributed by atoms with Gasteiger partial charge in [0.15, 0.2) is 23.1 Å². The summed E-state index contributed by atoms with van der Waals surface area (Å²) in [7, 11) is 0. The van der Waals surface area contributed by atoms with Crippen LogP contribution in [-0.2, 0) is 0 Å². The predicted octanol–water partition coefficient (Wildman–Crippen LogP) is 16.5. The average Bonchev–Trinajstić information content (AvgIpc) is 3.97. The van der Waals surface area contributed by atoms with E-state index in [0.29, 0.717) is 17.5 Å². The van der Waals surface area contributed by atoms with Gasteiger partial charge in [-0.1, -0.05) is 200 Å². The van der Waals surface area contributed by atoms with E-state index in [1.165, 1.54) is 16.5 Å². The van der Waals surface area contributed by atoms with E-state index in [1.807, 2.05) is 12.1 Å². The summed E-state index contributed by atoms with van der Waals surface area (Å²) in [6.45, 7) is 0. The maximum absolute atomic E-state index is 6.93. The van der Waals surface area contributed by atoms with Crippen molar-refractivity contribution >= 4 is 43.7 Å². The molecule has 0 radical (unpaired) electrons. The summed E-state index contributed by atoms with van der Waals surface area (Å²) in [5, 5.41) is 4.32. The lowest BCUT2D eigenvalue weighted by molar-refractivity contribution is 0.671. The molecule has 0 spiro atoms. The molecule has 0 atom stereocenters. The van der Waals surface area contributed by atoms with Gasteiger partial charge in [0.05, 0.1) is 11.0 Å². The van der Waals surface area contributed by atoms with Crippen LogP contribution in [0.4, 0.5) is 0 Å². The Morgan fingerprint density at radius 2 is 0.706 bits per heavy atom. The summed E-state index contributed by atoms with van der Waals surface area (Å²) in [6.07, 6.45) is 0. The Kier molecular flexibility index (Phi) is 9.43. The monoisotopic (exact) mass is 868 g/mol. The molecule has 0 aliphatic rings. The molecule has 0 amide bonds. The highest BCUT2D eigenvalue weighted by Gasteiger charge is 2.21. The molecule has 5 heteroatoms. The molecular formula is C63H40N4O. The van der Waals surface area contributed by atoms with Crippen molar-refractivity contribution in [3.05, 3.63) is 243 Å². The maximum atomic E-state index is 6.93. The summed E-state index contributed by atoms with van der Waals surface area (Å²) >= 11 is 0. The minimum Gasteiger partial charge on any atom is -0.454 e. The fraction of sp³-hybridized carbons (Fsp3) is 0. The Hall–Kier alpha value is -9.19. The molecule has 3 heterocycles. The second-order valence-electron chi connectivity index (χ2n) is 17.2. The summed E-state index contributed by atoms with van der Waals surface area (Å²) < 4.78 is 9.28. The van der Waals surface area contributed by atoms with E-state index >= 15 is 0 Å². The fourth-order valence-corrected chi connectivity index (χ4v) is 9.65. The summed E-state index contributed by atoms with van der Waals surface area (Å²) in [5.74, 6) is 1.80. The number of fused-ring (bicyclic) bond motifs is 7. The molecule has 0 saturated carbocycles. The van der Waals surface area contributed by atoms with Gasteiger partial charge in [-0.15, -0.1) is 0 Å². The lowest BCUT2D eigenvalue weighted by Gasteiger charge is -2.11. The van der Waals surface area contributed by atoms with Crippen molar-refractivity contribution in [2.24, 2.45) is 0 Å². The van der Waals surface area contributed by atoms with Gasteiger partial charge < -0.3 is 8.98 Å². The third-order valence-corrected chi connectivity index (χ3v) is 13.1. The summed E-state index contributed by atoms with van der Waals surface area (Å²) in [6, 6.07) is 85.2. The van der Waals surface area contributed by atoms with Crippen LogP contribution in [0.15, 0.2) is 247 Å². The lowest BCUT2D eigenvalue weighted by atomic mass is 10.00. The topological polar surface area (TPSA) is 56.7 Å². The second kappa shape index (κ2) is 16.4. The van der Waals surface area contributed by atoms with Gasteiger partial charge in [-0.2, -0.15) is 0 Å². The van der Waals surface area contributed by atoms with E-state index in [9.17, 15) is 0 Å². The average molecular weight is 869 g/mol. The third kappa shape index (κ3) is 6.93. The number of nitrogens with zero attached hydrogens (tertiary/aromatic N) is 4. The van der Waals surface area contributed by atoms with Crippen LogP contribution in [0.25, 0.3) is 128 Å². The lowest BCUT2D eigenvalue weighted by Crippen LogP contribution is -2.00. The van der Waals surface area contributed by atoms with Gasteiger partial charge in [0.1, 0.15) is 5.58 Å². The van der Waals surface area contributed by atoms with Crippen LogP contribution in [0.5, 0.6) is 0 Å². The first-order chi connectivity index (χ1) is 33.7. The SMILES string of the molecule is c1ccc(-c2ccc(-c3cccc(-n4c5ccccc5c5ccc6c7cc(-c8nc(-c9ccc(-c%10ccccc%10)cc9)nc(-c9ccc(-c%10ccccc%10)cc9)n8)ccc7oc6c54)c3)cc2)cc1. The zero-order valence-electron chi connectivity index (χ0n) is 36.8. The molecule has 68 heavy (non-hydrogen) atoms. The Morgan fingerprint density at radius 3 is 1.26 bits per heavy atom. The quantitative estimate of drug-likeness (QED) is 0.153. The number of para-hydroxylation sites is 1. The minimum absolute atomic E-state index is 0.587. The van der Waals surface area contributed by atoms with E-state index in [2.05, 4.69) is 235 Å². The van der Waals surface area contributed by atoms with Gasteiger partial charge in [-0.25, -0.2) is 15.0 Å². The Balaban J connectivity index is 0.934. The van der Waals surface area contributed by atoms with Crippen molar-refractivity contribution in [1.82, 2.24) is 19.5 Å². The zero-order valence-corrected chi connectivity index (χ0v) is 36.8. The molecule has 0 bridgehead atoms. The van der Waals surface area contributed by atoms with Crippen LogP contribution in [0.2, 0.25) is 0 Å². The van der Waals surface area contributed by atoms with E-state index < -0.39 is 0 Å². The van der Waals surface area contributed by atoms with Gasteiger partial charge in [0, 0.05) is 43.9 Å². The van der Waals surface area contributed by atoms with Gasteiger partial charge in [0.2, 0.25) is 0 Å². The van der Waals surface area contributed by atoms with Crippen molar-refractivity contribution in [2.75, 3.05) is 0 Å². The molecule has 5 nitrogen and oxygen atoms in total. The third-order valence-electron chi connectivity index (χ3n) is 13.1. The van der Waals surface area contributed by atoms with Crippen molar-refractivity contribution in [3.8, 4) is 84.4 Å².